The number of rotatable bonds is 12. The smallest absolute Gasteiger partial charge is 0.338 e. The third-order valence-electron chi connectivity index (χ3n) is 8.83. The Labute approximate surface area is 260 Å². The summed E-state index contributed by atoms with van der Waals surface area (Å²) in [6.07, 6.45) is 0.491. The van der Waals surface area contributed by atoms with Gasteiger partial charge in [-0.2, -0.15) is 0 Å². The zero-order chi connectivity index (χ0) is 33.1. The molecule has 2 rings (SSSR count). The summed E-state index contributed by atoms with van der Waals surface area (Å²) < 4.78 is 13.0. The van der Waals surface area contributed by atoms with E-state index in [1.54, 1.807) is 7.05 Å². The highest BCUT2D eigenvalue weighted by Gasteiger charge is 2.57. The van der Waals surface area contributed by atoms with Gasteiger partial charge in [-0.1, -0.05) is 84.0 Å². The first-order chi connectivity index (χ1) is 19.6. The monoisotopic (exact) mass is 613 g/mol. The lowest BCUT2D eigenvalue weighted by Crippen LogP contribution is -2.66. The van der Waals surface area contributed by atoms with E-state index in [0.717, 1.165) is 16.3 Å². The molecule has 0 aromatic heterocycles. The van der Waals surface area contributed by atoms with Crippen molar-refractivity contribution in [1.29, 1.82) is 0 Å². The van der Waals surface area contributed by atoms with Crippen LogP contribution in [0.2, 0.25) is 18.1 Å². The Morgan fingerprint density at radius 3 is 1.98 bits per heavy atom. The molecule has 0 aliphatic carbocycles. The van der Waals surface area contributed by atoms with Crippen molar-refractivity contribution in [1.82, 2.24) is 4.90 Å². The minimum Gasteiger partial charge on any atom is -0.458 e. The Bertz CT molecular complexity index is 1300. The summed E-state index contributed by atoms with van der Waals surface area (Å²) in [6.45, 7) is 21.6. The number of ether oxygens (including phenoxy) is 1. The maximum Gasteiger partial charge on any atom is 0.338 e. The van der Waals surface area contributed by atoms with Gasteiger partial charge in [-0.3, -0.25) is 9.59 Å². The van der Waals surface area contributed by atoms with E-state index < -0.39 is 55.3 Å². The lowest BCUT2D eigenvalue weighted by atomic mass is 9.73. The van der Waals surface area contributed by atoms with E-state index in [0.29, 0.717) is 0 Å². The van der Waals surface area contributed by atoms with Gasteiger partial charge in [-0.25, -0.2) is 4.79 Å². The second kappa shape index (κ2) is 13.5. The Hall–Kier alpha value is -2.75. The molecule has 0 spiro atoms. The Morgan fingerprint density at radius 1 is 0.953 bits per heavy atom. The lowest BCUT2D eigenvalue weighted by molar-refractivity contribution is -0.185. The van der Waals surface area contributed by atoms with Gasteiger partial charge < -0.3 is 25.5 Å². The molecule has 43 heavy (non-hydrogen) atoms. The van der Waals surface area contributed by atoms with Gasteiger partial charge in [0.2, 0.25) is 11.8 Å². The van der Waals surface area contributed by atoms with Crippen molar-refractivity contribution in [3.63, 3.8) is 0 Å². The highest BCUT2D eigenvalue weighted by Crippen LogP contribution is 2.45. The molecule has 0 saturated heterocycles. The predicted octanol–water partition coefficient (Wildman–Crippen LogP) is 5.81. The van der Waals surface area contributed by atoms with Gasteiger partial charge in [0.25, 0.3) is 0 Å². The van der Waals surface area contributed by atoms with Gasteiger partial charge in [0.05, 0.1) is 6.04 Å². The molecule has 0 bridgehead atoms. The minimum atomic E-state index is -2.58. The van der Waals surface area contributed by atoms with Gasteiger partial charge in [0, 0.05) is 19.4 Å². The van der Waals surface area contributed by atoms with Gasteiger partial charge in [0.1, 0.15) is 11.6 Å². The van der Waals surface area contributed by atoms with Crippen molar-refractivity contribution in [3.05, 3.63) is 48.0 Å². The molecule has 9 heteroatoms. The Morgan fingerprint density at radius 2 is 1.51 bits per heavy atom. The van der Waals surface area contributed by atoms with E-state index in [1.165, 1.54) is 4.90 Å². The number of nitrogens with two attached hydrogens (primary N) is 2. The molecule has 1 unspecified atom stereocenters. The second-order valence-corrected chi connectivity index (χ2v) is 19.4. The molecule has 2 aromatic carbocycles. The largest absolute Gasteiger partial charge is 0.458 e. The second-order valence-electron chi connectivity index (χ2n) is 14.7. The average molecular weight is 614 g/mol. The normalized spacial score (nSPS) is 16.3. The third kappa shape index (κ3) is 8.46. The Kier molecular flexibility index (Phi) is 11.4. The van der Waals surface area contributed by atoms with Crippen LogP contribution in [0.4, 0.5) is 0 Å². The number of fused-ring (bicyclic) bond motifs is 1. The van der Waals surface area contributed by atoms with Crippen LogP contribution in [0.1, 0.15) is 74.3 Å². The molecule has 240 valence electrons. The zero-order valence-corrected chi connectivity index (χ0v) is 29.4. The molecule has 0 fully saturated rings. The quantitative estimate of drug-likeness (QED) is 0.230. The fourth-order valence-electron chi connectivity index (χ4n) is 5.47. The number of amides is 2. The molecule has 0 aliphatic heterocycles. The SMILES string of the molecule is CC[C@](O[Si](C)(C)C(C)(C)C)(C(=O)OC(C)(C)C)C(C(C)C)[C@H](N)C(=O)N(C)[C@@H](Cc1ccc2ccccc2c1)C(N)=O. The number of carbonyl (C=O) groups excluding carboxylic acids is 3. The summed E-state index contributed by atoms with van der Waals surface area (Å²) in [4.78, 5) is 42.4. The Balaban J connectivity index is 2.57. The maximum atomic E-state index is 14.2. The molecule has 8 nitrogen and oxygen atoms in total. The van der Waals surface area contributed by atoms with Gasteiger partial charge in [-0.05, 0) is 67.6 Å². The molecule has 0 radical (unpaired) electrons. The topological polar surface area (TPSA) is 125 Å². The van der Waals surface area contributed by atoms with Crippen molar-refractivity contribution in [3.8, 4) is 0 Å². The van der Waals surface area contributed by atoms with E-state index in [9.17, 15) is 14.4 Å². The number of primary amides is 1. The predicted molar refractivity (Wildman–Crippen MR) is 177 cm³/mol. The van der Waals surface area contributed by atoms with Crippen LogP contribution in [-0.2, 0) is 30.0 Å². The van der Waals surface area contributed by atoms with Crippen LogP contribution in [0.5, 0.6) is 0 Å². The summed E-state index contributed by atoms with van der Waals surface area (Å²) >= 11 is 0. The molecular weight excluding hydrogens is 558 g/mol. The highest BCUT2D eigenvalue weighted by atomic mass is 28.4. The van der Waals surface area contributed by atoms with Crippen LogP contribution in [0, 0.1) is 11.8 Å². The molecule has 0 aliphatic rings. The number of hydrogen-bond donors (Lipinski definition) is 2. The summed E-state index contributed by atoms with van der Waals surface area (Å²) in [5, 5.41) is 1.88. The van der Waals surface area contributed by atoms with Gasteiger partial charge >= 0.3 is 5.97 Å². The minimum absolute atomic E-state index is 0.223. The maximum absolute atomic E-state index is 14.2. The van der Waals surface area contributed by atoms with Crippen molar-refractivity contribution in [2.45, 2.75) is 117 Å². The highest BCUT2D eigenvalue weighted by molar-refractivity contribution is 6.74. The summed E-state index contributed by atoms with van der Waals surface area (Å²) in [5.41, 5.74) is 11.3. The average Bonchev–Trinajstić information content (AvgIpc) is 2.88. The van der Waals surface area contributed by atoms with Crippen molar-refractivity contribution in [2.24, 2.45) is 23.3 Å². The third-order valence-corrected chi connectivity index (χ3v) is 13.3. The summed E-state index contributed by atoms with van der Waals surface area (Å²) in [6, 6.07) is 11.8. The number of esters is 1. The number of hydrogen-bond acceptors (Lipinski definition) is 6. The first-order valence-electron chi connectivity index (χ1n) is 15.3. The first-order valence-corrected chi connectivity index (χ1v) is 18.2. The number of nitrogens with zero attached hydrogens (tertiary/aromatic N) is 1. The van der Waals surface area contributed by atoms with E-state index in [4.69, 9.17) is 20.6 Å². The van der Waals surface area contributed by atoms with E-state index in [2.05, 4.69) is 33.9 Å². The number of likely N-dealkylation sites (N-methyl/N-ethyl adjacent to an activating group) is 1. The van der Waals surface area contributed by atoms with Crippen molar-refractivity contribution in [2.75, 3.05) is 7.05 Å². The fourth-order valence-corrected chi connectivity index (χ4v) is 7.05. The number of carbonyl (C=O) groups is 3. The van der Waals surface area contributed by atoms with Crippen molar-refractivity contribution >= 4 is 36.9 Å². The van der Waals surface area contributed by atoms with Crippen LogP contribution in [0.3, 0.4) is 0 Å². The summed E-state index contributed by atoms with van der Waals surface area (Å²) in [7, 11) is -1.04. The molecule has 4 atom stereocenters. The van der Waals surface area contributed by atoms with Gasteiger partial charge in [0.15, 0.2) is 13.9 Å². The molecule has 4 N–H and O–H groups in total. The van der Waals surface area contributed by atoms with E-state index >= 15 is 0 Å². The zero-order valence-electron chi connectivity index (χ0n) is 28.4. The standard InChI is InChI=1S/C34H55N3O5Si/c1-13-34(31(40)41-32(4,5)6,42-43(11,12)33(7,8)9)27(22(2)3)28(35)30(39)37(10)26(29(36)38)21-23-18-19-24-16-14-15-17-25(24)20-23/h14-20,22,26-28H,13,21,35H2,1-12H3,(H2,36,38)/t26-,27?,28-,34+/m0/s1. The lowest BCUT2D eigenvalue weighted by Gasteiger charge is -2.50. The fraction of sp³-hybridized carbons (Fsp3) is 0.618. The van der Waals surface area contributed by atoms with Crippen molar-refractivity contribution < 1.29 is 23.5 Å². The first kappa shape index (κ1) is 36.4. The van der Waals surface area contributed by atoms with Crippen LogP contribution < -0.4 is 11.5 Å². The van der Waals surface area contributed by atoms with E-state index in [-0.39, 0.29) is 23.8 Å². The number of benzene rings is 2. The van der Waals surface area contributed by atoms with Crippen LogP contribution in [0.25, 0.3) is 10.8 Å². The molecule has 2 amide bonds. The molecule has 0 saturated carbocycles. The van der Waals surface area contributed by atoms with Crippen LogP contribution in [-0.4, -0.2) is 61.3 Å². The molecule has 2 aromatic rings. The summed E-state index contributed by atoms with van der Waals surface area (Å²) in [5.74, 6) is -2.63. The van der Waals surface area contributed by atoms with Crippen LogP contribution in [0.15, 0.2) is 42.5 Å². The van der Waals surface area contributed by atoms with Gasteiger partial charge in [-0.15, -0.1) is 0 Å². The van der Waals surface area contributed by atoms with Crippen LogP contribution >= 0.6 is 0 Å². The molecular formula is C34H55N3O5Si. The molecule has 0 heterocycles. The van der Waals surface area contributed by atoms with E-state index in [1.807, 2.05) is 84.0 Å².